The Kier molecular flexibility index (Phi) is 4.85. The second-order valence-corrected chi connectivity index (χ2v) is 5.49. The van der Waals surface area contributed by atoms with Gasteiger partial charge in [0.05, 0.1) is 0 Å². The van der Waals surface area contributed by atoms with Crippen molar-refractivity contribution >= 4 is 5.91 Å². The molecule has 0 spiro atoms. The Morgan fingerprint density at radius 2 is 2.06 bits per heavy atom. The van der Waals surface area contributed by atoms with Crippen LogP contribution in [0.2, 0.25) is 0 Å². The molecule has 1 aliphatic rings. The van der Waals surface area contributed by atoms with Crippen molar-refractivity contribution in [3.05, 3.63) is 23.5 Å². The summed E-state index contributed by atoms with van der Waals surface area (Å²) in [6.07, 6.45) is 12.7. The van der Waals surface area contributed by atoms with Gasteiger partial charge in [-0.15, -0.1) is 0 Å². The first-order valence-corrected chi connectivity index (χ1v) is 7.19. The third-order valence-corrected chi connectivity index (χ3v) is 4.10. The summed E-state index contributed by atoms with van der Waals surface area (Å²) in [5.41, 5.74) is 7.77. The number of hydrogen-bond acceptors (Lipinski definition) is 1. The number of nitrogens with one attached hydrogen (secondary N) is 1. The van der Waals surface area contributed by atoms with Crippen molar-refractivity contribution in [1.29, 1.82) is 0 Å². The van der Waals surface area contributed by atoms with Crippen LogP contribution in [-0.2, 0) is 17.6 Å². The third-order valence-electron chi connectivity index (χ3n) is 4.10. The van der Waals surface area contributed by atoms with Crippen molar-refractivity contribution in [2.45, 2.75) is 57.8 Å². The SMILES string of the molecule is NC(=O)CCc1[nH]ccc1CCC1CCCCC1. The molecule has 0 atom stereocenters. The van der Waals surface area contributed by atoms with Gasteiger partial charge in [-0.2, -0.15) is 0 Å². The van der Waals surface area contributed by atoms with Crippen molar-refractivity contribution in [1.82, 2.24) is 4.98 Å². The fourth-order valence-electron chi connectivity index (χ4n) is 2.99. The van der Waals surface area contributed by atoms with E-state index in [0.717, 1.165) is 18.8 Å². The highest BCUT2D eigenvalue weighted by atomic mass is 16.1. The Hall–Kier alpha value is -1.25. The lowest BCUT2D eigenvalue weighted by Gasteiger charge is -2.21. The van der Waals surface area contributed by atoms with Gasteiger partial charge >= 0.3 is 0 Å². The van der Waals surface area contributed by atoms with E-state index in [2.05, 4.69) is 11.1 Å². The topological polar surface area (TPSA) is 58.9 Å². The summed E-state index contributed by atoms with van der Waals surface area (Å²) in [5, 5.41) is 0. The maximum atomic E-state index is 10.8. The lowest BCUT2D eigenvalue weighted by atomic mass is 9.85. The molecule has 1 amide bonds. The first kappa shape index (κ1) is 13.2. The van der Waals surface area contributed by atoms with Crippen LogP contribution in [0, 0.1) is 5.92 Å². The second kappa shape index (κ2) is 6.62. The normalized spacial score (nSPS) is 16.9. The van der Waals surface area contributed by atoms with Crippen LogP contribution in [0.5, 0.6) is 0 Å². The van der Waals surface area contributed by atoms with E-state index in [1.54, 1.807) is 0 Å². The van der Waals surface area contributed by atoms with Gasteiger partial charge < -0.3 is 10.7 Å². The van der Waals surface area contributed by atoms with Gasteiger partial charge in [-0.3, -0.25) is 4.79 Å². The predicted molar refractivity (Wildman–Crippen MR) is 73.2 cm³/mol. The van der Waals surface area contributed by atoms with Crippen LogP contribution in [0.25, 0.3) is 0 Å². The highest BCUT2D eigenvalue weighted by molar-refractivity contribution is 5.73. The smallest absolute Gasteiger partial charge is 0.217 e. The molecule has 1 aromatic rings. The van der Waals surface area contributed by atoms with Gasteiger partial charge in [0.2, 0.25) is 5.91 Å². The molecule has 1 aliphatic carbocycles. The quantitative estimate of drug-likeness (QED) is 0.799. The van der Waals surface area contributed by atoms with E-state index in [-0.39, 0.29) is 5.91 Å². The average Bonchev–Trinajstić information content (AvgIpc) is 2.82. The first-order valence-electron chi connectivity index (χ1n) is 7.19. The molecule has 2 rings (SSSR count). The van der Waals surface area contributed by atoms with Crippen molar-refractivity contribution < 1.29 is 4.79 Å². The number of aromatic amines is 1. The lowest BCUT2D eigenvalue weighted by molar-refractivity contribution is -0.118. The molecular formula is C15H24N2O. The molecule has 0 bridgehead atoms. The fourth-order valence-corrected chi connectivity index (χ4v) is 2.99. The van der Waals surface area contributed by atoms with Gasteiger partial charge in [0, 0.05) is 18.3 Å². The zero-order valence-electron chi connectivity index (χ0n) is 11.1. The molecule has 3 heteroatoms. The number of primary amides is 1. The zero-order valence-corrected chi connectivity index (χ0v) is 11.1. The third kappa shape index (κ3) is 3.90. The fraction of sp³-hybridized carbons (Fsp3) is 0.667. The van der Waals surface area contributed by atoms with E-state index in [1.165, 1.54) is 49.8 Å². The molecule has 1 saturated carbocycles. The van der Waals surface area contributed by atoms with E-state index in [9.17, 15) is 4.79 Å². The molecule has 1 aromatic heterocycles. The van der Waals surface area contributed by atoms with Gasteiger partial charge in [-0.05, 0) is 36.8 Å². The number of amides is 1. The zero-order chi connectivity index (χ0) is 12.8. The number of hydrogen-bond donors (Lipinski definition) is 2. The molecule has 1 fully saturated rings. The molecule has 1 heterocycles. The highest BCUT2D eigenvalue weighted by Crippen LogP contribution is 2.28. The summed E-state index contributed by atoms with van der Waals surface area (Å²) < 4.78 is 0. The van der Waals surface area contributed by atoms with Gasteiger partial charge in [0.25, 0.3) is 0 Å². The average molecular weight is 248 g/mol. The molecular weight excluding hydrogens is 224 g/mol. The lowest BCUT2D eigenvalue weighted by Crippen LogP contribution is -2.12. The molecule has 0 radical (unpaired) electrons. The molecule has 3 N–H and O–H groups in total. The first-order chi connectivity index (χ1) is 8.75. The van der Waals surface area contributed by atoms with Gasteiger partial charge in [0.15, 0.2) is 0 Å². The maximum absolute atomic E-state index is 10.8. The predicted octanol–water partition coefficient (Wildman–Crippen LogP) is 2.95. The molecule has 100 valence electrons. The van der Waals surface area contributed by atoms with Crippen molar-refractivity contribution in [3.8, 4) is 0 Å². The number of H-pyrrole nitrogens is 1. The van der Waals surface area contributed by atoms with Crippen molar-refractivity contribution in [2.24, 2.45) is 11.7 Å². The van der Waals surface area contributed by atoms with Gasteiger partial charge in [-0.25, -0.2) is 0 Å². The largest absolute Gasteiger partial charge is 0.370 e. The van der Waals surface area contributed by atoms with Gasteiger partial charge in [-0.1, -0.05) is 32.1 Å². The molecule has 0 unspecified atom stereocenters. The highest BCUT2D eigenvalue weighted by Gasteiger charge is 2.14. The Bertz CT molecular complexity index is 378. The summed E-state index contributed by atoms with van der Waals surface area (Å²) in [6.45, 7) is 0. The number of aromatic nitrogens is 1. The van der Waals surface area contributed by atoms with E-state index < -0.39 is 0 Å². The minimum atomic E-state index is -0.220. The van der Waals surface area contributed by atoms with Crippen LogP contribution in [-0.4, -0.2) is 10.9 Å². The van der Waals surface area contributed by atoms with Crippen LogP contribution in [0.1, 0.15) is 56.2 Å². The minimum Gasteiger partial charge on any atom is -0.370 e. The monoisotopic (exact) mass is 248 g/mol. The number of carbonyl (C=O) groups excluding carboxylic acids is 1. The summed E-state index contributed by atoms with van der Waals surface area (Å²) in [7, 11) is 0. The van der Waals surface area contributed by atoms with Crippen molar-refractivity contribution in [3.63, 3.8) is 0 Å². The van der Waals surface area contributed by atoms with Crippen LogP contribution < -0.4 is 5.73 Å². The van der Waals surface area contributed by atoms with Crippen LogP contribution in [0.3, 0.4) is 0 Å². The van der Waals surface area contributed by atoms with E-state index >= 15 is 0 Å². The summed E-state index contributed by atoms with van der Waals surface area (Å²) in [5.74, 6) is 0.695. The Balaban J connectivity index is 1.81. The number of rotatable bonds is 6. The molecule has 3 nitrogen and oxygen atoms in total. The molecule has 0 aliphatic heterocycles. The molecule has 0 aromatic carbocycles. The standard InChI is InChI=1S/C15H24N2O/c16-15(18)9-8-14-13(10-11-17-14)7-6-12-4-2-1-3-5-12/h10-12,17H,1-9H2,(H2,16,18). The van der Waals surface area contributed by atoms with Crippen LogP contribution in [0.4, 0.5) is 0 Å². The summed E-state index contributed by atoms with van der Waals surface area (Å²) in [6, 6.07) is 2.15. The number of carbonyl (C=O) groups is 1. The van der Waals surface area contributed by atoms with E-state index in [0.29, 0.717) is 6.42 Å². The van der Waals surface area contributed by atoms with Crippen molar-refractivity contribution in [2.75, 3.05) is 0 Å². The van der Waals surface area contributed by atoms with Crippen LogP contribution >= 0.6 is 0 Å². The molecule has 0 saturated heterocycles. The summed E-state index contributed by atoms with van der Waals surface area (Å²) in [4.78, 5) is 14.1. The number of aryl methyl sites for hydroxylation is 2. The van der Waals surface area contributed by atoms with Gasteiger partial charge in [0.1, 0.15) is 0 Å². The second-order valence-electron chi connectivity index (χ2n) is 5.49. The van der Waals surface area contributed by atoms with Crippen LogP contribution in [0.15, 0.2) is 12.3 Å². The Morgan fingerprint density at radius 3 is 2.78 bits per heavy atom. The van der Waals surface area contributed by atoms with E-state index in [1.807, 2.05) is 6.20 Å². The summed E-state index contributed by atoms with van der Waals surface area (Å²) >= 11 is 0. The number of nitrogens with two attached hydrogens (primary N) is 1. The Morgan fingerprint density at radius 1 is 1.28 bits per heavy atom. The maximum Gasteiger partial charge on any atom is 0.217 e. The Labute approximate surface area is 109 Å². The minimum absolute atomic E-state index is 0.220. The van der Waals surface area contributed by atoms with E-state index in [4.69, 9.17) is 5.73 Å². The molecule has 18 heavy (non-hydrogen) atoms.